The Labute approximate surface area is 152 Å². The molecule has 0 aliphatic carbocycles. The van der Waals surface area contributed by atoms with Gasteiger partial charge in [0.2, 0.25) is 0 Å². The molecule has 1 heterocycles. The number of nitrogens with two attached hydrogens (primary N) is 2. The largest absolute Gasteiger partial charge is 0.398 e. The first-order chi connectivity index (χ1) is 12.0. The number of nitrogens with zero attached hydrogens (tertiary/aromatic N) is 2. The lowest BCUT2D eigenvalue weighted by atomic mass is 10.3. The Morgan fingerprint density at radius 2 is 1.40 bits per heavy atom. The topological polar surface area (TPSA) is 108 Å². The first kappa shape index (κ1) is 17.1. The van der Waals surface area contributed by atoms with E-state index in [0.717, 1.165) is 9.79 Å². The highest BCUT2D eigenvalue weighted by Gasteiger charge is 2.19. The minimum Gasteiger partial charge on any atom is -0.398 e. The van der Waals surface area contributed by atoms with Crippen molar-refractivity contribution in [3.8, 4) is 0 Å². The summed E-state index contributed by atoms with van der Waals surface area (Å²) >= 11 is 2.54. The van der Waals surface area contributed by atoms with E-state index >= 15 is 0 Å². The molecule has 25 heavy (non-hydrogen) atoms. The zero-order valence-corrected chi connectivity index (χ0v) is 14.6. The zero-order valence-electron chi connectivity index (χ0n) is 13.0. The van der Waals surface area contributed by atoms with E-state index < -0.39 is 4.92 Å². The van der Waals surface area contributed by atoms with E-state index in [0.29, 0.717) is 21.4 Å². The van der Waals surface area contributed by atoms with Crippen molar-refractivity contribution in [3.05, 3.63) is 70.8 Å². The second kappa shape index (κ2) is 7.45. The minimum atomic E-state index is -0.445. The van der Waals surface area contributed by atoms with Gasteiger partial charge in [0.25, 0.3) is 0 Å². The van der Waals surface area contributed by atoms with Crippen molar-refractivity contribution >= 4 is 40.6 Å². The van der Waals surface area contributed by atoms with Gasteiger partial charge < -0.3 is 11.5 Å². The fraction of sp³-hybridized carbons (Fsp3) is 0. The summed E-state index contributed by atoms with van der Waals surface area (Å²) in [5.41, 5.74) is 13.0. The third-order valence-corrected chi connectivity index (χ3v) is 5.38. The monoisotopic (exact) mass is 370 g/mol. The molecular weight excluding hydrogens is 356 g/mol. The van der Waals surface area contributed by atoms with E-state index in [2.05, 4.69) is 4.98 Å². The Kier molecular flexibility index (Phi) is 5.11. The molecule has 1 aromatic heterocycles. The Hall–Kier alpha value is -2.71. The molecule has 0 radical (unpaired) electrons. The number of para-hydroxylation sites is 2. The van der Waals surface area contributed by atoms with Gasteiger partial charge in [0.1, 0.15) is 5.03 Å². The zero-order chi connectivity index (χ0) is 17.8. The molecule has 126 valence electrons. The van der Waals surface area contributed by atoms with Crippen LogP contribution in [0.5, 0.6) is 0 Å². The molecule has 0 atom stereocenters. The van der Waals surface area contributed by atoms with E-state index in [1.165, 1.54) is 29.6 Å². The van der Waals surface area contributed by atoms with E-state index in [-0.39, 0.29) is 5.69 Å². The number of anilines is 2. The second-order valence-corrected chi connectivity index (χ2v) is 7.10. The van der Waals surface area contributed by atoms with Gasteiger partial charge in [-0.2, -0.15) is 0 Å². The van der Waals surface area contributed by atoms with E-state index in [9.17, 15) is 10.1 Å². The van der Waals surface area contributed by atoms with Crippen LogP contribution in [0.2, 0.25) is 0 Å². The maximum atomic E-state index is 11.3. The molecule has 3 rings (SSSR count). The fourth-order valence-corrected chi connectivity index (χ4v) is 3.87. The number of rotatable bonds is 5. The first-order valence-electron chi connectivity index (χ1n) is 7.25. The van der Waals surface area contributed by atoms with Crippen molar-refractivity contribution in [2.24, 2.45) is 0 Å². The molecule has 0 aliphatic heterocycles. The molecule has 8 heteroatoms. The van der Waals surface area contributed by atoms with Crippen molar-refractivity contribution in [1.82, 2.24) is 4.98 Å². The summed E-state index contributed by atoms with van der Waals surface area (Å²) in [7, 11) is 0. The van der Waals surface area contributed by atoms with E-state index in [1.54, 1.807) is 24.3 Å². The fourth-order valence-electron chi connectivity index (χ4n) is 2.05. The summed E-state index contributed by atoms with van der Waals surface area (Å²) in [6.45, 7) is 0. The number of aromatic nitrogens is 1. The maximum absolute atomic E-state index is 11.3. The highest BCUT2D eigenvalue weighted by Crippen LogP contribution is 2.39. The Balaban J connectivity index is 1.96. The Morgan fingerprint density at radius 1 is 0.840 bits per heavy atom. The molecule has 3 aromatic rings. The molecule has 6 nitrogen and oxygen atoms in total. The Bertz CT molecular complexity index is 934. The number of nitrogen functional groups attached to an aromatic ring is 2. The van der Waals surface area contributed by atoms with Crippen LogP contribution in [0.3, 0.4) is 0 Å². The summed E-state index contributed by atoms with van der Waals surface area (Å²) in [6, 6.07) is 17.7. The van der Waals surface area contributed by atoms with Crippen LogP contribution in [0.25, 0.3) is 0 Å². The molecule has 0 saturated carbocycles. The summed E-state index contributed by atoms with van der Waals surface area (Å²) in [5, 5.41) is 12.2. The quantitative estimate of drug-likeness (QED) is 0.388. The van der Waals surface area contributed by atoms with Gasteiger partial charge in [-0.15, -0.1) is 0 Å². The summed E-state index contributed by atoms with van der Waals surface area (Å²) in [5.74, 6) is 0. The predicted octanol–water partition coefficient (Wildman–Crippen LogP) is 4.46. The van der Waals surface area contributed by atoms with Gasteiger partial charge in [-0.25, -0.2) is 4.98 Å². The normalized spacial score (nSPS) is 10.6. The molecule has 0 amide bonds. The predicted molar refractivity (Wildman–Crippen MR) is 101 cm³/mol. The van der Waals surface area contributed by atoms with Crippen LogP contribution in [0.1, 0.15) is 0 Å². The van der Waals surface area contributed by atoms with Crippen LogP contribution < -0.4 is 11.5 Å². The third-order valence-electron chi connectivity index (χ3n) is 3.27. The lowest BCUT2D eigenvalue weighted by Gasteiger charge is -2.08. The molecule has 2 aromatic carbocycles. The molecule has 0 spiro atoms. The highest BCUT2D eigenvalue weighted by molar-refractivity contribution is 8.00. The second-order valence-electron chi connectivity index (χ2n) is 5.01. The van der Waals surface area contributed by atoms with Crippen LogP contribution >= 0.6 is 23.5 Å². The van der Waals surface area contributed by atoms with Gasteiger partial charge in [0.15, 0.2) is 5.03 Å². The number of benzene rings is 2. The van der Waals surface area contributed by atoms with E-state index in [4.69, 9.17) is 11.5 Å². The average Bonchev–Trinajstić information content (AvgIpc) is 2.59. The summed E-state index contributed by atoms with van der Waals surface area (Å²) in [4.78, 5) is 16.9. The highest BCUT2D eigenvalue weighted by atomic mass is 32.2. The van der Waals surface area contributed by atoms with Gasteiger partial charge in [0.05, 0.1) is 4.92 Å². The van der Waals surface area contributed by atoms with Crippen molar-refractivity contribution < 1.29 is 4.92 Å². The lowest BCUT2D eigenvalue weighted by Crippen LogP contribution is -1.96. The molecule has 4 N–H and O–H groups in total. The van der Waals surface area contributed by atoms with Gasteiger partial charge in [-0.05, 0) is 30.3 Å². The minimum absolute atomic E-state index is 0.0568. The van der Waals surface area contributed by atoms with Crippen molar-refractivity contribution in [2.45, 2.75) is 19.8 Å². The number of nitro groups is 1. The van der Waals surface area contributed by atoms with Crippen LogP contribution in [-0.4, -0.2) is 9.91 Å². The standard InChI is InChI=1S/C17H14N4O2S2/c18-11-5-1-3-7-14(11)24-16-10-9-13(21(22)23)17(20-16)25-15-8-4-2-6-12(15)19/h1-10H,18-19H2. The van der Waals surface area contributed by atoms with Crippen LogP contribution in [0.4, 0.5) is 17.1 Å². The molecule has 0 unspecified atom stereocenters. The molecular formula is C17H14N4O2S2. The Morgan fingerprint density at radius 3 is 1.96 bits per heavy atom. The molecule has 0 aliphatic rings. The van der Waals surface area contributed by atoms with Crippen molar-refractivity contribution in [1.29, 1.82) is 0 Å². The lowest BCUT2D eigenvalue weighted by molar-refractivity contribution is -0.388. The number of pyridine rings is 1. The molecule has 0 fully saturated rings. The molecule has 0 saturated heterocycles. The van der Waals surface area contributed by atoms with Gasteiger partial charge in [-0.3, -0.25) is 10.1 Å². The average molecular weight is 370 g/mol. The smallest absolute Gasteiger partial charge is 0.301 e. The third kappa shape index (κ3) is 4.04. The van der Waals surface area contributed by atoms with Crippen molar-refractivity contribution in [2.75, 3.05) is 11.5 Å². The van der Waals surface area contributed by atoms with Crippen LogP contribution in [0.15, 0.2) is 80.5 Å². The van der Waals surface area contributed by atoms with Gasteiger partial charge in [-0.1, -0.05) is 47.8 Å². The summed E-state index contributed by atoms with van der Waals surface area (Å²) in [6.07, 6.45) is 0. The summed E-state index contributed by atoms with van der Waals surface area (Å²) < 4.78 is 0. The van der Waals surface area contributed by atoms with Gasteiger partial charge in [0, 0.05) is 27.2 Å². The van der Waals surface area contributed by atoms with Gasteiger partial charge >= 0.3 is 5.69 Å². The molecule has 0 bridgehead atoms. The van der Waals surface area contributed by atoms with Crippen molar-refractivity contribution in [3.63, 3.8) is 0 Å². The van der Waals surface area contributed by atoms with Crippen LogP contribution in [0, 0.1) is 10.1 Å². The number of hydrogen-bond donors (Lipinski definition) is 2. The van der Waals surface area contributed by atoms with Crippen LogP contribution in [-0.2, 0) is 0 Å². The maximum Gasteiger partial charge on any atom is 0.301 e. The SMILES string of the molecule is Nc1ccccc1Sc1ccc([N+](=O)[O-])c(Sc2ccccc2N)n1. The first-order valence-corrected chi connectivity index (χ1v) is 8.88. The number of hydrogen-bond acceptors (Lipinski definition) is 7. The van der Waals surface area contributed by atoms with E-state index in [1.807, 2.05) is 30.3 Å².